The van der Waals surface area contributed by atoms with Gasteiger partial charge in [0.15, 0.2) is 0 Å². The third-order valence-corrected chi connectivity index (χ3v) is 5.32. The van der Waals surface area contributed by atoms with Crippen molar-refractivity contribution in [3.05, 3.63) is 29.8 Å². The third-order valence-electron chi connectivity index (χ3n) is 5.32. The number of fused-ring (bicyclic) bond motifs is 2. The first kappa shape index (κ1) is 15.3. The van der Waals surface area contributed by atoms with Gasteiger partial charge in [0.05, 0.1) is 12.5 Å². The highest BCUT2D eigenvalue weighted by Gasteiger charge is 2.49. The average molecular weight is 302 g/mol. The maximum Gasteiger partial charge on any atom is 0.227 e. The molecule has 2 saturated carbocycles. The van der Waals surface area contributed by atoms with Gasteiger partial charge in [0.25, 0.3) is 0 Å². The molecule has 4 nitrogen and oxygen atoms in total. The van der Waals surface area contributed by atoms with Crippen molar-refractivity contribution >= 4 is 5.91 Å². The summed E-state index contributed by atoms with van der Waals surface area (Å²) in [5.74, 6) is 2.14. The van der Waals surface area contributed by atoms with Gasteiger partial charge in [-0.2, -0.15) is 0 Å². The van der Waals surface area contributed by atoms with E-state index in [1.807, 2.05) is 43.1 Å². The van der Waals surface area contributed by atoms with E-state index in [9.17, 15) is 4.79 Å². The van der Waals surface area contributed by atoms with Crippen molar-refractivity contribution in [2.75, 3.05) is 13.7 Å². The van der Waals surface area contributed by atoms with Crippen molar-refractivity contribution in [2.24, 2.45) is 23.5 Å². The molecule has 0 heterocycles. The second-order valence-electron chi connectivity index (χ2n) is 6.67. The fourth-order valence-corrected chi connectivity index (χ4v) is 4.22. The lowest BCUT2D eigenvalue weighted by atomic mass is 9.84. The maximum atomic E-state index is 12.8. The second-order valence-corrected chi connectivity index (χ2v) is 6.67. The molecule has 4 atom stereocenters. The summed E-state index contributed by atoms with van der Waals surface area (Å²) in [6, 6.07) is 7.98. The predicted octanol–water partition coefficient (Wildman–Crippen LogP) is 2.42. The molecule has 0 spiro atoms. The van der Waals surface area contributed by atoms with Crippen LogP contribution < -0.4 is 10.5 Å². The summed E-state index contributed by atoms with van der Waals surface area (Å²) in [5, 5.41) is 0. The largest absolute Gasteiger partial charge is 0.494 e. The SMILES string of the molecule is CCOc1ccccc1CN(C)C(=O)[C@@H]1[C@H]2CC[C@@H](C2)[C@@H]1N. The standard InChI is InChI=1S/C18H26N2O2/c1-3-22-15-7-5-4-6-14(15)11-20(2)18(21)16-12-8-9-13(10-12)17(16)19/h4-7,12-13,16-17H,3,8-11,19H2,1-2H3/t12-,13-,16+,17-/m0/s1. The first-order valence-electron chi connectivity index (χ1n) is 8.33. The summed E-state index contributed by atoms with van der Waals surface area (Å²) in [6.45, 7) is 3.18. The van der Waals surface area contributed by atoms with E-state index in [0.29, 0.717) is 25.0 Å². The van der Waals surface area contributed by atoms with Gasteiger partial charge >= 0.3 is 0 Å². The van der Waals surface area contributed by atoms with Crippen molar-refractivity contribution in [1.82, 2.24) is 4.90 Å². The van der Waals surface area contributed by atoms with Gasteiger partial charge in [-0.25, -0.2) is 0 Å². The molecule has 0 radical (unpaired) electrons. The Morgan fingerprint density at radius 3 is 2.73 bits per heavy atom. The maximum absolute atomic E-state index is 12.8. The fraction of sp³-hybridized carbons (Fsp3) is 0.611. The van der Waals surface area contributed by atoms with Crippen molar-refractivity contribution in [3.63, 3.8) is 0 Å². The van der Waals surface area contributed by atoms with Crippen molar-refractivity contribution in [3.8, 4) is 5.75 Å². The highest BCUT2D eigenvalue weighted by atomic mass is 16.5. The van der Waals surface area contributed by atoms with Crippen LogP contribution in [0.2, 0.25) is 0 Å². The van der Waals surface area contributed by atoms with E-state index in [1.165, 1.54) is 6.42 Å². The first-order valence-corrected chi connectivity index (χ1v) is 8.33. The minimum atomic E-state index is 0.0167. The molecule has 2 aliphatic carbocycles. The number of amides is 1. The number of para-hydroxylation sites is 1. The lowest BCUT2D eigenvalue weighted by Gasteiger charge is -2.31. The Morgan fingerprint density at radius 2 is 2.05 bits per heavy atom. The fourth-order valence-electron chi connectivity index (χ4n) is 4.22. The van der Waals surface area contributed by atoms with Gasteiger partial charge in [-0.1, -0.05) is 18.2 Å². The minimum Gasteiger partial charge on any atom is -0.494 e. The summed E-state index contributed by atoms with van der Waals surface area (Å²) in [6.07, 6.45) is 3.51. The minimum absolute atomic E-state index is 0.0167. The van der Waals surface area contributed by atoms with Crippen LogP contribution in [0.15, 0.2) is 24.3 Å². The number of hydrogen-bond donors (Lipinski definition) is 1. The smallest absolute Gasteiger partial charge is 0.227 e. The van der Waals surface area contributed by atoms with Crippen LogP contribution in [0.25, 0.3) is 0 Å². The van der Waals surface area contributed by atoms with Crippen LogP contribution >= 0.6 is 0 Å². The van der Waals surface area contributed by atoms with Crippen molar-refractivity contribution in [1.29, 1.82) is 0 Å². The molecule has 2 fully saturated rings. The molecule has 22 heavy (non-hydrogen) atoms. The van der Waals surface area contributed by atoms with Crippen LogP contribution in [0, 0.1) is 17.8 Å². The zero-order valence-corrected chi connectivity index (χ0v) is 13.5. The molecule has 1 aromatic carbocycles. The van der Waals surface area contributed by atoms with Gasteiger partial charge in [-0.3, -0.25) is 4.79 Å². The van der Waals surface area contributed by atoms with Gasteiger partial charge in [0.2, 0.25) is 5.91 Å². The summed E-state index contributed by atoms with van der Waals surface area (Å²) in [4.78, 5) is 14.6. The number of ether oxygens (including phenoxy) is 1. The molecule has 0 saturated heterocycles. The van der Waals surface area contributed by atoms with Crippen LogP contribution in [-0.2, 0) is 11.3 Å². The molecule has 4 heteroatoms. The lowest BCUT2D eigenvalue weighted by Crippen LogP contribution is -2.45. The number of benzene rings is 1. The molecule has 0 aromatic heterocycles. The number of nitrogens with zero attached hydrogens (tertiary/aromatic N) is 1. The first-order chi connectivity index (χ1) is 10.6. The normalized spacial score (nSPS) is 29.6. The number of carbonyl (C=O) groups excluding carboxylic acids is 1. The molecule has 2 N–H and O–H groups in total. The van der Waals surface area contributed by atoms with E-state index < -0.39 is 0 Å². The van der Waals surface area contributed by atoms with E-state index >= 15 is 0 Å². The van der Waals surface area contributed by atoms with Crippen molar-refractivity contribution in [2.45, 2.75) is 38.8 Å². The van der Waals surface area contributed by atoms with Gasteiger partial charge in [-0.15, -0.1) is 0 Å². The summed E-state index contributed by atoms with van der Waals surface area (Å²) in [5.41, 5.74) is 7.35. The average Bonchev–Trinajstić information content (AvgIpc) is 3.10. The van der Waals surface area contributed by atoms with Gasteiger partial charge in [-0.05, 0) is 44.1 Å². The van der Waals surface area contributed by atoms with Crippen LogP contribution in [0.4, 0.5) is 0 Å². The summed E-state index contributed by atoms with van der Waals surface area (Å²) >= 11 is 0. The quantitative estimate of drug-likeness (QED) is 0.909. The molecule has 120 valence electrons. The Balaban J connectivity index is 1.69. The zero-order chi connectivity index (χ0) is 15.7. The Morgan fingerprint density at radius 1 is 1.32 bits per heavy atom. The Bertz CT molecular complexity index is 544. The van der Waals surface area contributed by atoms with Crippen LogP contribution in [0.5, 0.6) is 5.75 Å². The molecular weight excluding hydrogens is 276 g/mol. The topological polar surface area (TPSA) is 55.6 Å². The predicted molar refractivity (Wildman–Crippen MR) is 86.4 cm³/mol. The Labute approximate surface area is 132 Å². The van der Waals surface area contributed by atoms with E-state index in [1.54, 1.807) is 0 Å². The molecule has 0 aliphatic heterocycles. The van der Waals surface area contributed by atoms with Gasteiger partial charge in [0, 0.05) is 25.2 Å². The van der Waals surface area contributed by atoms with Crippen LogP contribution in [-0.4, -0.2) is 30.5 Å². The number of carbonyl (C=O) groups is 1. The highest BCUT2D eigenvalue weighted by Crippen LogP contribution is 2.48. The summed E-state index contributed by atoms with van der Waals surface area (Å²) < 4.78 is 5.65. The lowest BCUT2D eigenvalue weighted by molar-refractivity contribution is -0.137. The molecular formula is C18H26N2O2. The van der Waals surface area contributed by atoms with E-state index in [-0.39, 0.29) is 17.9 Å². The van der Waals surface area contributed by atoms with Crippen LogP contribution in [0.1, 0.15) is 31.7 Å². The second kappa shape index (κ2) is 6.29. The van der Waals surface area contributed by atoms with E-state index in [2.05, 4.69) is 0 Å². The molecule has 1 amide bonds. The monoisotopic (exact) mass is 302 g/mol. The Kier molecular flexibility index (Phi) is 4.39. The summed E-state index contributed by atoms with van der Waals surface area (Å²) in [7, 11) is 1.88. The van der Waals surface area contributed by atoms with Gasteiger partial charge < -0.3 is 15.4 Å². The zero-order valence-electron chi connectivity index (χ0n) is 13.5. The number of rotatable bonds is 5. The molecule has 3 rings (SSSR count). The number of nitrogens with two attached hydrogens (primary N) is 1. The van der Waals surface area contributed by atoms with Gasteiger partial charge in [0.1, 0.15) is 5.75 Å². The van der Waals surface area contributed by atoms with E-state index in [4.69, 9.17) is 10.5 Å². The number of hydrogen-bond acceptors (Lipinski definition) is 3. The van der Waals surface area contributed by atoms with Crippen LogP contribution in [0.3, 0.4) is 0 Å². The highest BCUT2D eigenvalue weighted by molar-refractivity contribution is 5.80. The van der Waals surface area contributed by atoms with E-state index in [0.717, 1.165) is 24.2 Å². The third kappa shape index (κ3) is 2.72. The van der Waals surface area contributed by atoms with Crippen molar-refractivity contribution < 1.29 is 9.53 Å². The molecule has 2 bridgehead atoms. The molecule has 2 aliphatic rings. The Hall–Kier alpha value is -1.55. The molecule has 0 unspecified atom stereocenters. The molecule has 1 aromatic rings.